The Balaban J connectivity index is 2.26. The van der Waals surface area contributed by atoms with Crippen LogP contribution < -0.4 is 5.32 Å². The molecule has 1 fully saturated rings. The number of aromatic nitrogens is 2. The highest BCUT2D eigenvalue weighted by atomic mass is 16.2. The third-order valence-corrected chi connectivity index (χ3v) is 2.52. The fourth-order valence-corrected chi connectivity index (χ4v) is 1.51. The zero-order valence-corrected chi connectivity index (χ0v) is 8.74. The van der Waals surface area contributed by atoms with Gasteiger partial charge in [0.05, 0.1) is 5.69 Å². The van der Waals surface area contributed by atoms with Crippen molar-refractivity contribution in [1.29, 1.82) is 5.26 Å². The molecule has 1 aromatic rings. The Morgan fingerprint density at radius 3 is 2.87 bits per heavy atom. The Hall–Kier alpha value is -1.83. The van der Waals surface area contributed by atoms with Crippen molar-refractivity contribution in [2.75, 3.05) is 5.32 Å². The van der Waals surface area contributed by atoms with Gasteiger partial charge in [0.25, 0.3) is 0 Å². The lowest BCUT2D eigenvalue weighted by Crippen LogP contribution is -2.14. The monoisotopic (exact) mass is 204 g/mol. The lowest BCUT2D eigenvalue weighted by atomic mass is 10.3. The number of rotatable bonds is 2. The smallest absolute Gasteiger partial charge is 0.227 e. The predicted octanol–water partition coefficient (Wildman–Crippen LogP) is 0.949. The molecular weight excluding hydrogens is 192 g/mol. The topological polar surface area (TPSA) is 70.7 Å². The Labute approximate surface area is 87.7 Å². The van der Waals surface area contributed by atoms with E-state index in [1.165, 1.54) is 4.68 Å². The third-order valence-electron chi connectivity index (χ3n) is 2.52. The molecule has 1 aromatic heterocycles. The summed E-state index contributed by atoms with van der Waals surface area (Å²) in [5.74, 6) is 0.138. The number of amides is 1. The summed E-state index contributed by atoms with van der Waals surface area (Å²) in [6.07, 6.45) is 1.90. The van der Waals surface area contributed by atoms with Crippen LogP contribution in [-0.4, -0.2) is 15.7 Å². The van der Waals surface area contributed by atoms with Crippen molar-refractivity contribution in [3.63, 3.8) is 0 Å². The van der Waals surface area contributed by atoms with Crippen molar-refractivity contribution >= 4 is 11.6 Å². The number of nitrogens with one attached hydrogen (secondary N) is 1. The minimum absolute atomic E-state index is 0.00241. The number of nitrogens with zero attached hydrogens (tertiary/aromatic N) is 3. The van der Waals surface area contributed by atoms with Crippen molar-refractivity contribution in [2.45, 2.75) is 19.8 Å². The molecule has 0 unspecified atom stereocenters. The number of hydrogen-bond acceptors (Lipinski definition) is 3. The third kappa shape index (κ3) is 1.71. The van der Waals surface area contributed by atoms with Crippen LogP contribution in [0.5, 0.6) is 0 Å². The maximum atomic E-state index is 11.5. The van der Waals surface area contributed by atoms with Gasteiger partial charge in [0.1, 0.15) is 11.8 Å². The first-order valence-electron chi connectivity index (χ1n) is 4.88. The maximum Gasteiger partial charge on any atom is 0.227 e. The molecule has 1 amide bonds. The number of carbonyl (C=O) groups is 1. The molecule has 2 rings (SSSR count). The predicted molar refractivity (Wildman–Crippen MR) is 54.0 cm³/mol. The van der Waals surface area contributed by atoms with E-state index < -0.39 is 0 Å². The SMILES string of the molecule is Cc1nn(C)c(C#N)c1NC(=O)C1CC1. The summed E-state index contributed by atoms with van der Waals surface area (Å²) in [5.41, 5.74) is 1.64. The van der Waals surface area contributed by atoms with Gasteiger partial charge in [0.2, 0.25) is 5.91 Å². The lowest BCUT2D eigenvalue weighted by molar-refractivity contribution is -0.117. The summed E-state index contributed by atoms with van der Waals surface area (Å²) >= 11 is 0. The van der Waals surface area contributed by atoms with Crippen molar-refractivity contribution in [3.05, 3.63) is 11.4 Å². The zero-order chi connectivity index (χ0) is 11.0. The molecule has 1 heterocycles. The van der Waals surface area contributed by atoms with Crippen LogP contribution in [0.4, 0.5) is 5.69 Å². The highest BCUT2D eigenvalue weighted by molar-refractivity contribution is 5.95. The number of carbonyl (C=O) groups excluding carboxylic acids is 1. The van der Waals surface area contributed by atoms with Gasteiger partial charge in [-0.2, -0.15) is 10.4 Å². The number of hydrogen-bond donors (Lipinski definition) is 1. The number of aryl methyl sites for hydroxylation is 2. The highest BCUT2D eigenvalue weighted by Crippen LogP contribution is 2.31. The molecule has 0 radical (unpaired) electrons. The van der Waals surface area contributed by atoms with Gasteiger partial charge in [0, 0.05) is 13.0 Å². The Kier molecular flexibility index (Phi) is 2.19. The van der Waals surface area contributed by atoms with Crippen molar-refractivity contribution in [2.24, 2.45) is 13.0 Å². The summed E-state index contributed by atoms with van der Waals surface area (Å²) in [4.78, 5) is 11.5. The molecule has 5 nitrogen and oxygen atoms in total. The fourth-order valence-electron chi connectivity index (χ4n) is 1.51. The second-order valence-electron chi connectivity index (χ2n) is 3.81. The molecule has 0 saturated heterocycles. The van der Waals surface area contributed by atoms with Gasteiger partial charge in [-0.05, 0) is 19.8 Å². The van der Waals surface area contributed by atoms with E-state index in [2.05, 4.69) is 10.4 Å². The van der Waals surface area contributed by atoms with Crippen LogP contribution in [0.15, 0.2) is 0 Å². The molecule has 15 heavy (non-hydrogen) atoms. The molecule has 78 valence electrons. The second kappa shape index (κ2) is 3.39. The fraction of sp³-hybridized carbons (Fsp3) is 0.500. The summed E-state index contributed by atoms with van der Waals surface area (Å²) in [6.45, 7) is 1.78. The second-order valence-corrected chi connectivity index (χ2v) is 3.81. The molecule has 1 N–H and O–H groups in total. The maximum absolute atomic E-state index is 11.5. The van der Waals surface area contributed by atoms with E-state index in [4.69, 9.17) is 5.26 Å². The molecular formula is C10H12N4O. The van der Waals surface area contributed by atoms with E-state index in [1.54, 1.807) is 14.0 Å². The highest BCUT2D eigenvalue weighted by Gasteiger charge is 2.30. The molecule has 5 heteroatoms. The van der Waals surface area contributed by atoms with Crippen molar-refractivity contribution in [1.82, 2.24) is 9.78 Å². The molecule has 0 atom stereocenters. The Morgan fingerprint density at radius 1 is 1.67 bits per heavy atom. The van der Waals surface area contributed by atoms with E-state index >= 15 is 0 Å². The van der Waals surface area contributed by atoms with Crippen LogP contribution in [0.1, 0.15) is 24.2 Å². The lowest BCUT2D eigenvalue weighted by Gasteiger charge is -2.02. The Bertz CT molecular complexity index is 451. The quantitative estimate of drug-likeness (QED) is 0.779. The van der Waals surface area contributed by atoms with Crippen molar-refractivity contribution in [3.8, 4) is 6.07 Å². The van der Waals surface area contributed by atoms with Gasteiger partial charge in [-0.15, -0.1) is 0 Å². The summed E-state index contributed by atoms with van der Waals surface area (Å²) in [5, 5.41) is 15.8. The van der Waals surface area contributed by atoms with Crippen LogP contribution >= 0.6 is 0 Å². The first kappa shape index (κ1) is 9.71. The van der Waals surface area contributed by atoms with Crippen LogP contribution in [-0.2, 0) is 11.8 Å². The molecule has 0 bridgehead atoms. The average molecular weight is 204 g/mol. The van der Waals surface area contributed by atoms with E-state index in [0.717, 1.165) is 12.8 Å². The molecule has 0 aromatic carbocycles. The molecule has 0 spiro atoms. The average Bonchev–Trinajstić information content (AvgIpc) is 2.96. The summed E-state index contributed by atoms with van der Waals surface area (Å²) < 4.78 is 1.48. The van der Waals surface area contributed by atoms with Gasteiger partial charge in [0.15, 0.2) is 5.69 Å². The Morgan fingerprint density at radius 2 is 2.33 bits per heavy atom. The minimum atomic E-state index is 0.00241. The van der Waals surface area contributed by atoms with Crippen LogP contribution in [0, 0.1) is 24.2 Å². The van der Waals surface area contributed by atoms with Crippen LogP contribution in [0.3, 0.4) is 0 Å². The van der Waals surface area contributed by atoms with Gasteiger partial charge in [-0.1, -0.05) is 0 Å². The zero-order valence-electron chi connectivity index (χ0n) is 8.74. The van der Waals surface area contributed by atoms with Crippen molar-refractivity contribution < 1.29 is 4.79 Å². The van der Waals surface area contributed by atoms with E-state index in [0.29, 0.717) is 17.1 Å². The van der Waals surface area contributed by atoms with Gasteiger partial charge >= 0.3 is 0 Å². The van der Waals surface area contributed by atoms with Crippen LogP contribution in [0.2, 0.25) is 0 Å². The molecule has 1 saturated carbocycles. The van der Waals surface area contributed by atoms with Crippen LogP contribution in [0.25, 0.3) is 0 Å². The van der Waals surface area contributed by atoms with E-state index in [-0.39, 0.29) is 11.8 Å². The molecule has 1 aliphatic carbocycles. The van der Waals surface area contributed by atoms with Gasteiger partial charge in [-0.25, -0.2) is 0 Å². The standard InChI is InChI=1S/C10H12N4O/c1-6-9(8(5-11)14(2)13-6)12-10(15)7-3-4-7/h7H,3-4H2,1-2H3,(H,12,15). The first-order chi connectivity index (χ1) is 7.13. The number of anilines is 1. The molecule has 0 aliphatic heterocycles. The summed E-state index contributed by atoms with van der Waals surface area (Å²) in [6, 6.07) is 2.04. The van der Waals surface area contributed by atoms with E-state index in [9.17, 15) is 4.79 Å². The van der Waals surface area contributed by atoms with E-state index in [1.807, 2.05) is 6.07 Å². The minimum Gasteiger partial charge on any atom is -0.322 e. The number of nitriles is 1. The largest absolute Gasteiger partial charge is 0.322 e. The molecule has 1 aliphatic rings. The summed E-state index contributed by atoms with van der Waals surface area (Å²) in [7, 11) is 1.69. The van der Waals surface area contributed by atoms with Gasteiger partial charge < -0.3 is 5.32 Å². The van der Waals surface area contributed by atoms with Gasteiger partial charge in [-0.3, -0.25) is 9.48 Å². The first-order valence-corrected chi connectivity index (χ1v) is 4.88. The normalized spacial score (nSPS) is 14.7.